The van der Waals surface area contributed by atoms with Gasteiger partial charge >= 0.3 is 0 Å². The summed E-state index contributed by atoms with van der Waals surface area (Å²) in [6.45, 7) is 0. The van der Waals surface area contributed by atoms with Crippen LogP contribution in [-0.2, 0) is 0 Å². The van der Waals surface area contributed by atoms with Crippen molar-refractivity contribution in [2.75, 3.05) is 0 Å². The highest BCUT2D eigenvalue weighted by atomic mass is 32.1. The zero-order valence-corrected chi connectivity index (χ0v) is 7.12. The number of rotatable bonds is 2. The molecule has 0 aliphatic rings. The molecule has 0 atom stereocenters. The Balaban J connectivity index is 2.27. The molecule has 5 heteroatoms. The predicted molar refractivity (Wildman–Crippen MR) is 48.0 cm³/mol. The number of H-pyrrole nitrogens is 2. The maximum atomic E-state index is 4.35. The van der Waals surface area contributed by atoms with Gasteiger partial charge in [-0.25, -0.2) is 9.97 Å². The first-order valence-corrected chi connectivity index (χ1v) is 4.06. The van der Waals surface area contributed by atoms with Gasteiger partial charge in [0, 0.05) is 24.8 Å². The van der Waals surface area contributed by atoms with E-state index in [0.717, 1.165) is 11.6 Å². The largest absolute Gasteiger partial charge is 0.347 e. The van der Waals surface area contributed by atoms with Crippen LogP contribution in [0.5, 0.6) is 0 Å². The lowest BCUT2D eigenvalue weighted by molar-refractivity contribution is 0.930. The molecular formula is C7H8N4S. The van der Waals surface area contributed by atoms with Gasteiger partial charge in [-0.05, 0) is 0 Å². The fourth-order valence-electron chi connectivity index (χ4n) is 0.984. The van der Waals surface area contributed by atoms with Crippen molar-refractivity contribution in [2.24, 2.45) is 0 Å². The average molecular weight is 180 g/mol. The quantitative estimate of drug-likeness (QED) is 0.607. The minimum absolute atomic E-state index is 0.102. The van der Waals surface area contributed by atoms with E-state index in [1.807, 2.05) is 0 Å². The number of aromatic nitrogens is 4. The Morgan fingerprint density at radius 1 is 1.08 bits per heavy atom. The van der Waals surface area contributed by atoms with Gasteiger partial charge in [-0.15, -0.1) is 0 Å². The van der Waals surface area contributed by atoms with E-state index in [9.17, 15) is 0 Å². The van der Waals surface area contributed by atoms with Crippen LogP contribution in [0, 0.1) is 0 Å². The van der Waals surface area contributed by atoms with Crippen molar-refractivity contribution >= 4 is 12.6 Å². The van der Waals surface area contributed by atoms with Gasteiger partial charge in [-0.3, -0.25) is 0 Å². The number of nitrogens with zero attached hydrogens (tertiary/aromatic N) is 2. The normalized spacial score (nSPS) is 10.8. The second-order valence-corrected chi connectivity index (χ2v) is 2.87. The van der Waals surface area contributed by atoms with Crippen LogP contribution in [0.4, 0.5) is 0 Å². The molecular weight excluding hydrogens is 172 g/mol. The van der Waals surface area contributed by atoms with Crippen LogP contribution in [0.3, 0.4) is 0 Å². The van der Waals surface area contributed by atoms with E-state index in [-0.39, 0.29) is 5.25 Å². The molecule has 0 unspecified atom stereocenters. The smallest absolute Gasteiger partial charge is 0.126 e. The molecule has 4 nitrogen and oxygen atoms in total. The minimum Gasteiger partial charge on any atom is -0.347 e. The molecule has 0 aromatic carbocycles. The third-order valence-electron chi connectivity index (χ3n) is 1.56. The molecule has 2 aromatic heterocycles. The first-order chi connectivity index (χ1) is 5.88. The molecule has 2 N–H and O–H groups in total. The van der Waals surface area contributed by atoms with Crippen LogP contribution in [0.15, 0.2) is 24.8 Å². The second kappa shape index (κ2) is 3.02. The van der Waals surface area contributed by atoms with Gasteiger partial charge < -0.3 is 9.97 Å². The summed E-state index contributed by atoms with van der Waals surface area (Å²) < 4.78 is 0. The van der Waals surface area contributed by atoms with E-state index in [4.69, 9.17) is 0 Å². The number of thiol groups is 1. The maximum absolute atomic E-state index is 4.35. The minimum atomic E-state index is -0.102. The topological polar surface area (TPSA) is 57.4 Å². The second-order valence-electron chi connectivity index (χ2n) is 2.35. The number of nitrogens with one attached hydrogen (secondary N) is 2. The standard InChI is InChI=1S/C7H8N4S/c12-5(6-8-1-2-9-6)7-10-3-4-11-7/h1-5,12H,(H,8,9)(H,10,11). The van der Waals surface area contributed by atoms with E-state index in [2.05, 4.69) is 32.6 Å². The summed E-state index contributed by atoms with van der Waals surface area (Å²) in [5.41, 5.74) is 0. The number of aromatic amines is 2. The van der Waals surface area contributed by atoms with Crippen molar-refractivity contribution in [1.29, 1.82) is 0 Å². The molecule has 0 aliphatic heterocycles. The Labute approximate surface area is 74.9 Å². The van der Waals surface area contributed by atoms with Gasteiger partial charge in [0.15, 0.2) is 0 Å². The lowest BCUT2D eigenvalue weighted by atomic mass is 10.4. The molecule has 12 heavy (non-hydrogen) atoms. The van der Waals surface area contributed by atoms with E-state index in [1.54, 1.807) is 24.8 Å². The third kappa shape index (κ3) is 1.23. The molecule has 0 saturated carbocycles. The molecule has 0 spiro atoms. The zero-order valence-electron chi connectivity index (χ0n) is 6.23. The first-order valence-electron chi connectivity index (χ1n) is 3.54. The monoisotopic (exact) mass is 180 g/mol. The Morgan fingerprint density at radius 3 is 1.92 bits per heavy atom. The summed E-state index contributed by atoms with van der Waals surface area (Å²) in [5.74, 6) is 1.60. The lowest BCUT2D eigenvalue weighted by Crippen LogP contribution is -1.97. The molecule has 0 aliphatic carbocycles. The molecule has 2 aromatic rings. The van der Waals surface area contributed by atoms with E-state index < -0.39 is 0 Å². The van der Waals surface area contributed by atoms with Crippen molar-refractivity contribution in [3.8, 4) is 0 Å². The molecule has 0 radical (unpaired) electrons. The van der Waals surface area contributed by atoms with Crippen LogP contribution in [0.1, 0.15) is 16.9 Å². The van der Waals surface area contributed by atoms with E-state index >= 15 is 0 Å². The summed E-state index contributed by atoms with van der Waals surface area (Å²) in [4.78, 5) is 14.1. The van der Waals surface area contributed by atoms with Gasteiger partial charge in [0.2, 0.25) is 0 Å². The number of imidazole rings is 2. The van der Waals surface area contributed by atoms with E-state index in [0.29, 0.717) is 0 Å². The number of hydrogen-bond acceptors (Lipinski definition) is 3. The molecule has 0 fully saturated rings. The van der Waals surface area contributed by atoms with Gasteiger partial charge in [0.25, 0.3) is 0 Å². The molecule has 62 valence electrons. The highest BCUT2D eigenvalue weighted by Gasteiger charge is 2.12. The van der Waals surface area contributed by atoms with Crippen LogP contribution >= 0.6 is 12.6 Å². The van der Waals surface area contributed by atoms with E-state index in [1.165, 1.54) is 0 Å². The molecule has 0 saturated heterocycles. The lowest BCUT2D eigenvalue weighted by Gasteiger charge is -2.02. The Hall–Kier alpha value is -1.23. The van der Waals surface area contributed by atoms with Crippen molar-refractivity contribution in [3.05, 3.63) is 36.4 Å². The van der Waals surface area contributed by atoms with Crippen molar-refractivity contribution in [1.82, 2.24) is 19.9 Å². The van der Waals surface area contributed by atoms with Crippen LogP contribution < -0.4 is 0 Å². The van der Waals surface area contributed by atoms with Gasteiger partial charge in [0.1, 0.15) is 16.9 Å². The molecule has 0 amide bonds. The van der Waals surface area contributed by atoms with Crippen LogP contribution in [0.25, 0.3) is 0 Å². The molecule has 0 bridgehead atoms. The molecule has 2 heterocycles. The zero-order chi connectivity index (χ0) is 8.39. The van der Waals surface area contributed by atoms with Crippen molar-refractivity contribution in [2.45, 2.75) is 5.25 Å². The highest BCUT2D eigenvalue weighted by Crippen LogP contribution is 2.21. The van der Waals surface area contributed by atoms with Crippen LogP contribution in [0.2, 0.25) is 0 Å². The average Bonchev–Trinajstić information content (AvgIpc) is 2.77. The summed E-state index contributed by atoms with van der Waals surface area (Å²) >= 11 is 4.35. The van der Waals surface area contributed by atoms with Crippen LogP contribution in [-0.4, -0.2) is 19.9 Å². The highest BCUT2D eigenvalue weighted by molar-refractivity contribution is 7.80. The summed E-state index contributed by atoms with van der Waals surface area (Å²) in [6.07, 6.45) is 6.92. The maximum Gasteiger partial charge on any atom is 0.126 e. The fraction of sp³-hybridized carbons (Fsp3) is 0.143. The predicted octanol–water partition coefficient (Wildman–Crippen LogP) is 1.15. The molecule has 2 rings (SSSR count). The summed E-state index contributed by atoms with van der Waals surface area (Å²) in [7, 11) is 0. The van der Waals surface area contributed by atoms with Gasteiger partial charge in [-0.1, -0.05) is 0 Å². The third-order valence-corrected chi connectivity index (χ3v) is 2.05. The summed E-state index contributed by atoms with van der Waals surface area (Å²) in [5, 5.41) is -0.102. The number of hydrogen-bond donors (Lipinski definition) is 3. The van der Waals surface area contributed by atoms with Crippen molar-refractivity contribution < 1.29 is 0 Å². The Morgan fingerprint density at radius 2 is 1.58 bits per heavy atom. The first kappa shape index (κ1) is 7.42. The SMILES string of the molecule is SC(c1ncc[nH]1)c1ncc[nH]1. The van der Waals surface area contributed by atoms with Crippen molar-refractivity contribution in [3.63, 3.8) is 0 Å². The Kier molecular flexibility index (Phi) is 1.87. The van der Waals surface area contributed by atoms with Gasteiger partial charge in [0.05, 0.1) is 0 Å². The van der Waals surface area contributed by atoms with Gasteiger partial charge in [-0.2, -0.15) is 12.6 Å². The Bertz CT molecular complexity index is 292. The fourth-order valence-corrected chi connectivity index (χ4v) is 1.27. The summed E-state index contributed by atoms with van der Waals surface area (Å²) in [6, 6.07) is 0.